The van der Waals surface area contributed by atoms with Crippen molar-refractivity contribution in [1.82, 2.24) is 9.80 Å². The summed E-state index contributed by atoms with van der Waals surface area (Å²) in [4.78, 5) is 17.7. The van der Waals surface area contributed by atoms with E-state index in [2.05, 4.69) is 4.90 Å². The molecule has 3 unspecified atom stereocenters. The number of likely N-dealkylation sites (N-methyl/N-ethyl adjacent to an activating group) is 1. The fourth-order valence-corrected chi connectivity index (χ4v) is 6.18. The fraction of sp³-hybridized carbons (Fsp3) is 0.500. The Kier molecular flexibility index (Phi) is 9.33. The maximum Gasteiger partial charge on any atom is 0.233 e. The van der Waals surface area contributed by atoms with Crippen LogP contribution >= 0.6 is 23.2 Å². The summed E-state index contributed by atoms with van der Waals surface area (Å²) in [6, 6.07) is 12.9. The minimum Gasteiger partial charge on any atom is -0.497 e. The molecule has 2 aromatic carbocycles. The van der Waals surface area contributed by atoms with E-state index in [1.54, 1.807) is 31.2 Å². The zero-order valence-corrected chi connectivity index (χ0v) is 23.5. The van der Waals surface area contributed by atoms with Crippen molar-refractivity contribution in [1.29, 1.82) is 0 Å². The molecular weight excluding hydrogens is 521 g/mol. The summed E-state index contributed by atoms with van der Waals surface area (Å²) in [6.07, 6.45) is 2.26. The topological polar surface area (TPSA) is 92.9 Å². The molecular formula is C26H35Cl2N3O4S. The largest absolute Gasteiger partial charge is 0.497 e. The Morgan fingerprint density at radius 1 is 1.22 bits per heavy atom. The summed E-state index contributed by atoms with van der Waals surface area (Å²) >= 11 is 12.5. The number of rotatable bonds is 9. The molecule has 1 fully saturated rings. The molecule has 0 aliphatic carbocycles. The van der Waals surface area contributed by atoms with Crippen LogP contribution in [0, 0.1) is 0 Å². The van der Waals surface area contributed by atoms with Gasteiger partial charge in [-0.3, -0.25) is 9.69 Å². The lowest BCUT2D eigenvalue weighted by molar-refractivity contribution is -0.136. The standard InChI is InChI=1S/C26H35Cl2N3O4S/c1-26(19-8-9-22(27)23(28)15-19,11-13-31-12-10-21(16-24(31)29)36(4,33)34)25(32)30(2)17-18-6-5-7-20(14-18)35-3/h5-9,14-15,21,24H,10-13,16-17,29H2,1-4H3. The van der Waals surface area contributed by atoms with E-state index in [0.29, 0.717) is 48.9 Å². The van der Waals surface area contributed by atoms with Gasteiger partial charge in [0, 0.05) is 32.9 Å². The Balaban J connectivity index is 1.83. The Morgan fingerprint density at radius 3 is 2.56 bits per heavy atom. The van der Waals surface area contributed by atoms with E-state index in [-0.39, 0.29) is 12.1 Å². The van der Waals surface area contributed by atoms with Crippen LogP contribution in [0.1, 0.15) is 37.3 Å². The molecule has 0 radical (unpaired) electrons. The van der Waals surface area contributed by atoms with Gasteiger partial charge in [-0.1, -0.05) is 41.4 Å². The van der Waals surface area contributed by atoms with E-state index in [0.717, 1.165) is 16.9 Å². The third-order valence-corrected chi connectivity index (χ3v) is 9.52. The highest BCUT2D eigenvalue weighted by Gasteiger charge is 2.39. The molecule has 0 spiro atoms. The van der Waals surface area contributed by atoms with Crippen molar-refractivity contribution < 1.29 is 17.9 Å². The smallest absolute Gasteiger partial charge is 0.233 e. The second-order valence-electron chi connectivity index (χ2n) is 9.80. The van der Waals surface area contributed by atoms with Crippen LogP contribution in [0.2, 0.25) is 10.0 Å². The van der Waals surface area contributed by atoms with Gasteiger partial charge in [-0.25, -0.2) is 8.42 Å². The first-order valence-electron chi connectivity index (χ1n) is 11.9. The second-order valence-corrected chi connectivity index (χ2v) is 12.9. The number of hydrogen-bond acceptors (Lipinski definition) is 6. The van der Waals surface area contributed by atoms with Gasteiger partial charge in [0.25, 0.3) is 0 Å². The first-order valence-corrected chi connectivity index (χ1v) is 14.6. The SMILES string of the molecule is COc1cccc(CN(C)C(=O)C(C)(CCN2CCC(S(C)(=O)=O)CC2N)c2ccc(Cl)c(Cl)c2)c1. The average molecular weight is 557 g/mol. The zero-order valence-electron chi connectivity index (χ0n) is 21.2. The number of benzene rings is 2. The van der Waals surface area contributed by atoms with Crippen LogP contribution in [0.15, 0.2) is 42.5 Å². The number of sulfone groups is 1. The van der Waals surface area contributed by atoms with Crippen LogP contribution in [0.5, 0.6) is 5.75 Å². The predicted molar refractivity (Wildman–Crippen MR) is 145 cm³/mol. The lowest BCUT2D eigenvalue weighted by Crippen LogP contribution is -2.53. The van der Waals surface area contributed by atoms with Crippen LogP contribution in [0.25, 0.3) is 0 Å². The predicted octanol–water partition coefficient (Wildman–Crippen LogP) is 4.10. The number of ether oxygens (including phenoxy) is 1. The molecule has 0 saturated carbocycles. The lowest BCUT2D eigenvalue weighted by atomic mass is 9.77. The molecule has 10 heteroatoms. The molecule has 1 heterocycles. The van der Waals surface area contributed by atoms with Gasteiger partial charge in [0.1, 0.15) is 15.6 Å². The molecule has 3 atom stereocenters. The normalized spacial score (nSPS) is 20.5. The number of methoxy groups -OCH3 is 1. The monoisotopic (exact) mass is 555 g/mol. The van der Waals surface area contributed by atoms with Crippen LogP contribution < -0.4 is 10.5 Å². The van der Waals surface area contributed by atoms with Gasteiger partial charge in [-0.15, -0.1) is 0 Å². The third-order valence-electron chi connectivity index (χ3n) is 7.15. The molecule has 1 saturated heterocycles. The Morgan fingerprint density at radius 2 is 1.94 bits per heavy atom. The second kappa shape index (κ2) is 11.7. The van der Waals surface area contributed by atoms with Gasteiger partial charge in [-0.2, -0.15) is 0 Å². The van der Waals surface area contributed by atoms with Crippen LogP contribution in [-0.4, -0.2) is 69.0 Å². The maximum absolute atomic E-state index is 13.9. The first-order chi connectivity index (χ1) is 16.8. The summed E-state index contributed by atoms with van der Waals surface area (Å²) < 4.78 is 29.3. The highest BCUT2D eigenvalue weighted by atomic mass is 35.5. The number of hydrogen-bond donors (Lipinski definition) is 1. The molecule has 3 rings (SSSR count). The molecule has 2 aromatic rings. The number of nitrogens with two attached hydrogens (primary N) is 1. The minimum absolute atomic E-state index is 0.0664. The van der Waals surface area contributed by atoms with Gasteiger partial charge in [0.15, 0.2) is 0 Å². The summed E-state index contributed by atoms with van der Waals surface area (Å²) in [5, 5.41) is 0.375. The fourth-order valence-electron chi connectivity index (χ4n) is 4.80. The number of carbonyl (C=O) groups excluding carboxylic acids is 1. The van der Waals surface area contributed by atoms with E-state index >= 15 is 0 Å². The molecule has 1 amide bonds. The van der Waals surface area contributed by atoms with E-state index in [4.69, 9.17) is 33.7 Å². The lowest BCUT2D eigenvalue weighted by Gasteiger charge is -2.40. The van der Waals surface area contributed by atoms with Crippen molar-refractivity contribution in [3.63, 3.8) is 0 Å². The number of likely N-dealkylation sites (tertiary alicyclic amines) is 1. The molecule has 0 bridgehead atoms. The Hall–Kier alpha value is -1.84. The number of amides is 1. The van der Waals surface area contributed by atoms with Gasteiger partial charge < -0.3 is 15.4 Å². The number of halogens is 2. The van der Waals surface area contributed by atoms with E-state index in [9.17, 15) is 13.2 Å². The first kappa shape index (κ1) is 28.7. The van der Waals surface area contributed by atoms with Crippen molar-refractivity contribution >= 4 is 38.9 Å². The van der Waals surface area contributed by atoms with Crippen LogP contribution in [0.3, 0.4) is 0 Å². The van der Waals surface area contributed by atoms with Crippen molar-refractivity contribution in [3.05, 3.63) is 63.6 Å². The third kappa shape index (κ3) is 6.72. The Bertz CT molecular complexity index is 1190. The van der Waals surface area contributed by atoms with Gasteiger partial charge in [-0.05, 0) is 61.6 Å². The average Bonchev–Trinajstić information content (AvgIpc) is 2.83. The van der Waals surface area contributed by atoms with E-state index in [1.165, 1.54) is 6.26 Å². The molecule has 1 aliphatic rings. The number of piperidine rings is 1. The van der Waals surface area contributed by atoms with Crippen LogP contribution in [-0.2, 0) is 26.6 Å². The summed E-state index contributed by atoms with van der Waals surface area (Å²) in [7, 11) is 0.248. The highest BCUT2D eigenvalue weighted by molar-refractivity contribution is 7.91. The van der Waals surface area contributed by atoms with Crippen molar-refractivity contribution in [2.75, 3.05) is 33.5 Å². The van der Waals surface area contributed by atoms with Crippen molar-refractivity contribution in [2.24, 2.45) is 5.73 Å². The van der Waals surface area contributed by atoms with Gasteiger partial charge in [0.05, 0.1) is 34.0 Å². The molecule has 198 valence electrons. The van der Waals surface area contributed by atoms with E-state index in [1.807, 2.05) is 37.3 Å². The number of carbonyl (C=O) groups is 1. The van der Waals surface area contributed by atoms with Gasteiger partial charge >= 0.3 is 0 Å². The summed E-state index contributed by atoms with van der Waals surface area (Å²) in [5.41, 5.74) is 7.17. The molecule has 7 nitrogen and oxygen atoms in total. The zero-order chi connectivity index (χ0) is 26.7. The maximum atomic E-state index is 13.9. The van der Waals surface area contributed by atoms with Crippen molar-refractivity contribution in [2.45, 2.75) is 49.6 Å². The molecule has 0 aromatic heterocycles. The van der Waals surface area contributed by atoms with Gasteiger partial charge in [0.2, 0.25) is 5.91 Å². The van der Waals surface area contributed by atoms with Crippen LogP contribution in [0.4, 0.5) is 0 Å². The quantitative estimate of drug-likeness (QED) is 0.500. The summed E-state index contributed by atoms with van der Waals surface area (Å²) in [5.74, 6) is 0.662. The highest BCUT2D eigenvalue weighted by Crippen LogP contribution is 2.35. The molecule has 2 N–H and O–H groups in total. The molecule has 36 heavy (non-hydrogen) atoms. The molecule has 1 aliphatic heterocycles. The number of nitrogens with zero attached hydrogens (tertiary/aromatic N) is 2. The summed E-state index contributed by atoms with van der Waals surface area (Å²) in [6.45, 7) is 3.41. The Labute approximate surface area is 224 Å². The minimum atomic E-state index is -3.14. The van der Waals surface area contributed by atoms with E-state index < -0.39 is 20.5 Å². The van der Waals surface area contributed by atoms with Crippen molar-refractivity contribution in [3.8, 4) is 5.75 Å².